The van der Waals surface area contributed by atoms with Crippen molar-refractivity contribution in [1.82, 2.24) is 15.5 Å². The molecule has 0 aliphatic carbocycles. The highest BCUT2D eigenvalue weighted by Gasteiger charge is 2.39. The molecule has 1 aliphatic rings. The van der Waals surface area contributed by atoms with Crippen LogP contribution in [0, 0.1) is 11.7 Å². The van der Waals surface area contributed by atoms with E-state index >= 15 is 0 Å². The summed E-state index contributed by atoms with van der Waals surface area (Å²) >= 11 is 5.45. The molecule has 1 amide bonds. The standard InChI is InChI=1S/C18H26FN3OS/c1-4-8-20-17(23)16-11-22(18(24)21-12(2)3)10-15(16)13-6-5-7-14(19)9-13/h5-7,9,12,15-16H,4,8,10-11H2,1-3H3,(H,20,23)(H,21,24). The van der Waals surface area contributed by atoms with E-state index in [1.54, 1.807) is 6.07 Å². The number of thiocarbonyl (C=S) groups is 1. The Morgan fingerprint density at radius 1 is 1.42 bits per heavy atom. The predicted molar refractivity (Wildman–Crippen MR) is 98.4 cm³/mol. The van der Waals surface area contributed by atoms with Crippen LogP contribution in [0.1, 0.15) is 38.7 Å². The van der Waals surface area contributed by atoms with Gasteiger partial charge in [0.2, 0.25) is 5.91 Å². The Kier molecular flexibility index (Phi) is 6.54. The van der Waals surface area contributed by atoms with Gasteiger partial charge in [-0.2, -0.15) is 0 Å². The minimum absolute atomic E-state index is 0.0148. The van der Waals surface area contributed by atoms with Crippen LogP contribution in [0.25, 0.3) is 0 Å². The minimum Gasteiger partial charge on any atom is -0.360 e. The number of carbonyl (C=O) groups excluding carboxylic acids is 1. The molecule has 4 nitrogen and oxygen atoms in total. The first kappa shape index (κ1) is 18.6. The Morgan fingerprint density at radius 2 is 2.17 bits per heavy atom. The highest BCUT2D eigenvalue weighted by molar-refractivity contribution is 7.80. The third kappa shape index (κ3) is 4.66. The predicted octanol–water partition coefficient (Wildman–Crippen LogP) is 2.65. The van der Waals surface area contributed by atoms with Crippen molar-refractivity contribution >= 4 is 23.2 Å². The molecule has 0 saturated carbocycles. The maximum atomic E-state index is 13.6. The second-order valence-electron chi connectivity index (χ2n) is 6.57. The number of halogens is 1. The van der Waals surface area contributed by atoms with Crippen molar-refractivity contribution in [2.75, 3.05) is 19.6 Å². The zero-order valence-electron chi connectivity index (χ0n) is 14.5. The Labute approximate surface area is 148 Å². The second-order valence-corrected chi connectivity index (χ2v) is 6.95. The molecule has 2 unspecified atom stereocenters. The molecular weight excluding hydrogens is 325 g/mol. The van der Waals surface area contributed by atoms with Gasteiger partial charge in [-0.15, -0.1) is 0 Å². The first-order valence-corrected chi connectivity index (χ1v) is 8.91. The van der Waals surface area contributed by atoms with Crippen molar-refractivity contribution in [3.63, 3.8) is 0 Å². The maximum absolute atomic E-state index is 13.6. The molecule has 132 valence electrons. The molecule has 0 aromatic heterocycles. The minimum atomic E-state index is -0.276. The average Bonchev–Trinajstić information content (AvgIpc) is 2.97. The van der Waals surface area contributed by atoms with Gasteiger partial charge in [-0.25, -0.2) is 4.39 Å². The van der Waals surface area contributed by atoms with E-state index in [1.807, 2.05) is 31.7 Å². The summed E-state index contributed by atoms with van der Waals surface area (Å²) in [5.41, 5.74) is 0.849. The summed E-state index contributed by atoms with van der Waals surface area (Å²) in [6, 6.07) is 6.76. The number of benzene rings is 1. The van der Waals surface area contributed by atoms with Crippen LogP contribution >= 0.6 is 12.2 Å². The lowest BCUT2D eigenvalue weighted by atomic mass is 9.88. The Morgan fingerprint density at radius 3 is 2.79 bits per heavy atom. The van der Waals surface area contributed by atoms with Crippen LogP contribution < -0.4 is 10.6 Å². The van der Waals surface area contributed by atoms with Crippen LogP contribution in [-0.2, 0) is 4.79 Å². The number of amides is 1. The summed E-state index contributed by atoms with van der Waals surface area (Å²) in [5.74, 6) is -0.558. The fraction of sp³-hybridized carbons (Fsp3) is 0.556. The molecule has 2 N–H and O–H groups in total. The van der Waals surface area contributed by atoms with Crippen LogP contribution in [0.2, 0.25) is 0 Å². The molecule has 1 fully saturated rings. The number of carbonyl (C=O) groups is 1. The van der Waals surface area contributed by atoms with Gasteiger partial charge in [0.25, 0.3) is 0 Å². The summed E-state index contributed by atoms with van der Waals surface area (Å²) in [6.07, 6.45) is 0.889. The lowest BCUT2D eigenvalue weighted by Gasteiger charge is -2.22. The molecule has 2 atom stereocenters. The number of nitrogens with zero attached hydrogens (tertiary/aromatic N) is 1. The van der Waals surface area contributed by atoms with Gasteiger partial charge in [-0.05, 0) is 50.2 Å². The van der Waals surface area contributed by atoms with Gasteiger partial charge >= 0.3 is 0 Å². The first-order chi connectivity index (χ1) is 11.4. The SMILES string of the molecule is CCCNC(=O)C1CN(C(=S)NC(C)C)CC1c1cccc(F)c1. The largest absolute Gasteiger partial charge is 0.360 e. The van der Waals surface area contributed by atoms with E-state index in [0.29, 0.717) is 24.7 Å². The van der Waals surface area contributed by atoms with Gasteiger partial charge in [-0.3, -0.25) is 4.79 Å². The van der Waals surface area contributed by atoms with E-state index in [1.165, 1.54) is 12.1 Å². The molecule has 1 aliphatic heterocycles. The molecule has 0 radical (unpaired) electrons. The number of hydrogen-bond acceptors (Lipinski definition) is 2. The molecule has 0 bridgehead atoms. The van der Waals surface area contributed by atoms with Crippen molar-refractivity contribution < 1.29 is 9.18 Å². The van der Waals surface area contributed by atoms with Gasteiger partial charge in [0.1, 0.15) is 5.82 Å². The van der Waals surface area contributed by atoms with Crippen LogP contribution in [0.3, 0.4) is 0 Å². The van der Waals surface area contributed by atoms with Crippen molar-refractivity contribution in [1.29, 1.82) is 0 Å². The quantitative estimate of drug-likeness (QED) is 0.801. The normalized spacial score (nSPS) is 20.3. The van der Waals surface area contributed by atoms with E-state index in [2.05, 4.69) is 10.6 Å². The second kappa shape index (κ2) is 8.42. The highest BCUT2D eigenvalue weighted by Crippen LogP contribution is 2.33. The molecule has 24 heavy (non-hydrogen) atoms. The third-order valence-electron chi connectivity index (χ3n) is 4.18. The molecular formula is C18H26FN3OS. The van der Waals surface area contributed by atoms with Crippen molar-refractivity contribution in [3.8, 4) is 0 Å². The van der Waals surface area contributed by atoms with E-state index in [0.717, 1.165) is 12.0 Å². The number of likely N-dealkylation sites (tertiary alicyclic amines) is 1. The zero-order valence-corrected chi connectivity index (χ0v) is 15.3. The summed E-state index contributed by atoms with van der Waals surface area (Å²) in [4.78, 5) is 14.6. The third-order valence-corrected chi connectivity index (χ3v) is 4.56. The summed E-state index contributed by atoms with van der Waals surface area (Å²) < 4.78 is 13.6. The topological polar surface area (TPSA) is 44.4 Å². The monoisotopic (exact) mass is 351 g/mol. The Hall–Kier alpha value is -1.69. The summed E-state index contributed by atoms with van der Waals surface area (Å²) in [7, 11) is 0. The van der Waals surface area contributed by atoms with Crippen LogP contribution in [-0.4, -0.2) is 41.6 Å². The lowest BCUT2D eigenvalue weighted by molar-refractivity contribution is -0.124. The Bertz CT molecular complexity index is 593. The van der Waals surface area contributed by atoms with Crippen LogP contribution in [0.4, 0.5) is 4.39 Å². The van der Waals surface area contributed by atoms with E-state index < -0.39 is 0 Å². The highest BCUT2D eigenvalue weighted by atomic mass is 32.1. The molecule has 1 aromatic rings. The molecule has 6 heteroatoms. The van der Waals surface area contributed by atoms with E-state index in [9.17, 15) is 9.18 Å². The first-order valence-electron chi connectivity index (χ1n) is 8.51. The van der Waals surface area contributed by atoms with E-state index in [-0.39, 0.29) is 29.6 Å². The molecule has 1 heterocycles. The molecule has 2 rings (SSSR count). The Balaban J connectivity index is 2.20. The summed E-state index contributed by atoms with van der Waals surface area (Å²) in [5, 5.41) is 6.84. The van der Waals surface area contributed by atoms with Crippen molar-refractivity contribution in [2.45, 2.75) is 39.2 Å². The maximum Gasteiger partial charge on any atom is 0.225 e. The smallest absolute Gasteiger partial charge is 0.225 e. The number of nitrogens with one attached hydrogen (secondary N) is 2. The fourth-order valence-electron chi connectivity index (χ4n) is 3.03. The lowest BCUT2D eigenvalue weighted by Crippen LogP contribution is -2.42. The van der Waals surface area contributed by atoms with Gasteiger partial charge in [-0.1, -0.05) is 19.1 Å². The average molecular weight is 351 g/mol. The van der Waals surface area contributed by atoms with E-state index in [4.69, 9.17) is 12.2 Å². The van der Waals surface area contributed by atoms with Gasteiger partial charge in [0.15, 0.2) is 5.11 Å². The number of rotatable bonds is 5. The van der Waals surface area contributed by atoms with Gasteiger partial charge < -0.3 is 15.5 Å². The van der Waals surface area contributed by atoms with Gasteiger partial charge in [0, 0.05) is 31.6 Å². The summed E-state index contributed by atoms with van der Waals surface area (Å²) in [6.45, 7) is 7.89. The molecule has 0 spiro atoms. The fourth-order valence-corrected chi connectivity index (χ4v) is 3.41. The van der Waals surface area contributed by atoms with Crippen molar-refractivity contribution in [3.05, 3.63) is 35.6 Å². The van der Waals surface area contributed by atoms with Gasteiger partial charge in [0.05, 0.1) is 5.92 Å². The van der Waals surface area contributed by atoms with Crippen LogP contribution in [0.15, 0.2) is 24.3 Å². The molecule has 1 saturated heterocycles. The number of hydrogen-bond donors (Lipinski definition) is 2. The van der Waals surface area contributed by atoms with Crippen molar-refractivity contribution in [2.24, 2.45) is 5.92 Å². The van der Waals surface area contributed by atoms with Crippen LogP contribution in [0.5, 0.6) is 0 Å². The zero-order chi connectivity index (χ0) is 17.7. The molecule has 1 aromatic carbocycles.